The lowest BCUT2D eigenvalue weighted by molar-refractivity contribution is -0.384. The molecule has 1 amide bonds. The number of rotatable bonds is 6. The van der Waals surface area contributed by atoms with Crippen molar-refractivity contribution >= 4 is 17.3 Å². The molecule has 3 aromatic rings. The maximum atomic E-state index is 12.4. The number of hydrogen-bond donors (Lipinski definition) is 1. The van der Waals surface area contributed by atoms with Gasteiger partial charge in [-0.05, 0) is 42.8 Å². The lowest BCUT2D eigenvalue weighted by Gasteiger charge is -2.10. The van der Waals surface area contributed by atoms with Gasteiger partial charge in [-0.1, -0.05) is 0 Å². The summed E-state index contributed by atoms with van der Waals surface area (Å²) < 4.78 is 6.29. The Balaban J connectivity index is 1.72. The van der Waals surface area contributed by atoms with Gasteiger partial charge >= 0.3 is 0 Å². The summed E-state index contributed by atoms with van der Waals surface area (Å²) in [4.78, 5) is 39.2. The second kappa shape index (κ2) is 8.34. The van der Waals surface area contributed by atoms with Crippen LogP contribution < -0.4 is 15.6 Å². The largest absolute Gasteiger partial charge is 0.497 e. The van der Waals surface area contributed by atoms with Gasteiger partial charge in [-0.15, -0.1) is 0 Å². The van der Waals surface area contributed by atoms with Crippen LogP contribution in [-0.4, -0.2) is 27.5 Å². The number of amides is 1. The molecule has 0 bridgehead atoms. The van der Waals surface area contributed by atoms with Crippen LogP contribution in [0.3, 0.4) is 0 Å². The standard InChI is InChI=1S/C20H18N4O5/c1-13-9-15(24(27)28)5-8-17(13)22-19(25)11-23-12-21-18(10-20(23)26)14-3-6-16(29-2)7-4-14/h3-10,12H,11H2,1-2H3,(H,22,25). The van der Waals surface area contributed by atoms with E-state index in [1.54, 1.807) is 38.3 Å². The number of methoxy groups -OCH3 is 1. The average Bonchev–Trinajstić information content (AvgIpc) is 2.71. The van der Waals surface area contributed by atoms with Gasteiger partial charge in [0.15, 0.2) is 0 Å². The fourth-order valence-electron chi connectivity index (χ4n) is 2.71. The van der Waals surface area contributed by atoms with E-state index < -0.39 is 10.8 Å². The second-order valence-corrected chi connectivity index (χ2v) is 6.27. The summed E-state index contributed by atoms with van der Waals surface area (Å²) in [5, 5.41) is 13.4. The highest BCUT2D eigenvalue weighted by Gasteiger charge is 2.12. The topological polar surface area (TPSA) is 116 Å². The van der Waals surface area contributed by atoms with Crippen LogP contribution in [0.25, 0.3) is 11.3 Å². The van der Waals surface area contributed by atoms with Crippen LogP contribution in [-0.2, 0) is 11.3 Å². The van der Waals surface area contributed by atoms with Crippen LogP contribution in [0.4, 0.5) is 11.4 Å². The monoisotopic (exact) mass is 394 g/mol. The number of carbonyl (C=O) groups excluding carboxylic acids is 1. The zero-order chi connectivity index (χ0) is 21.0. The van der Waals surface area contributed by atoms with Gasteiger partial charge in [-0.25, -0.2) is 4.98 Å². The highest BCUT2D eigenvalue weighted by atomic mass is 16.6. The Morgan fingerprint density at radius 3 is 2.52 bits per heavy atom. The first-order chi connectivity index (χ1) is 13.9. The number of aromatic nitrogens is 2. The first kappa shape index (κ1) is 19.7. The summed E-state index contributed by atoms with van der Waals surface area (Å²) in [5.41, 5.74) is 1.79. The van der Waals surface area contributed by atoms with Crippen molar-refractivity contribution < 1.29 is 14.5 Å². The lowest BCUT2D eigenvalue weighted by Crippen LogP contribution is -2.27. The summed E-state index contributed by atoms with van der Waals surface area (Å²) in [6, 6.07) is 12.6. The minimum atomic E-state index is -0.506. The molecule has 148 valence electrons. The number of nitrogens with zero attached hydrogens (tertiary/aromatic N) is 3. The number of nitro benzene ring substituents is 1. The van der Waals surface area contributed by atoms with E-state index in [9.17, 15) is 19.7 Å². The Morgan fingerprint density at radius 2 is 1.93 bits per heavy atom. The number of anilines is 1. The zero-order valence-corrected chi connectivity index (χ0v) is 15.8. The van der Waals surface area contributed by atoms with E-state index in [0.29, 0.717) is 22.7 Å². The first-order valence-electron chi connectivity index (χ1n) is 8.63. The Labute approximate surface area is 165 Å². The number of nitrogens with one attached hydrogen (secondary N) is 1. The highest BCUT2D eigenvalue weighted by molar-refractivity contribution is 5.91. The third kappa shape index (κ3) is 4.64. The molecule has 29 heavy (non-hydrogen) atoms. The summed E-state index contributed by atoms with van der Waals surface area (Å²) in [7, 11) is 1.57. The number of nitro groups is 1. The molecule has 0 unspecified atom stereocenters. The number of carbonyl (C=O) groups is 1. The van der Waals surface area contributed by atoms with Crippen molar-refractivity contribution in [3.8, 4) is 17.0 Å². The van der Waals surface area contributed by atoms with Crippen molar-refractivity contribution in [1.29, 1.82) is 0 Å². The summed E-state index contributed by atoms with van der Waals surface area (Å²) in [6.45, 7) is 1.42. The Bertz CT molecular complexity index is 1120. The number of benzene rings is 2. The normalized spacial score (nSPS) is 10.4. The number of aryl methyl sites for hydroxylation is 1. The molecule has 0 aliphatic heterocycles. The van der Waals surface area contributed by atoms with Crippen LogP contribution in [0.1, 0.15) is 5.56 Å². The van der Waals surface area contributed by atoms with Crippen molar-refractivity contribution in [1.82, 2.24) is 9.55 Å². The molecule has 0 aliphatic rings. The third-order valence-corrected chi connectivity index (χ3v) is 4.27. The van der Waals surface area contributed by atoms with Gasteiger partial charge in [0, 0.05) is 29.4 Å². The molecule has 0 radical (unpaired) electrons. The van der Waals surface area contributed by atoms with Gasteiger partial charge in [-0.3, -0.25) is 24.3 Å². The van der Waals surface area contributed by atoms with E-state index in [-0.39, 0.29) is 17.8 Å². The van der Waals surface area contributed by atoms with Crippen molar-refractivity contribution in [2.75, 3.05) is 12.4 Å². The van der Waals surface area contributed by atoms with E-state index in [0.717, 1.165) is 5.56 Å². The SMILES string of the molecule is COc1ccc(-c2cc(=O)n(CC(=O)Nc3ccc([N+](=O)[O-])cc3C)cn2)cc1. The molecule has 9 heteroatoms. The minimum Gasteiger partial charge on any atom is -0.497 e. The summed E-state index contributed by atoms with van der Waals surface area (Å²) in [6.07, 6.45) is 1.31. The Hall–Kier alpha value is -4.01. The van der Waals surface area contributed by atoms with Gasteiger partial charge in [0.2, 0.25) is 5.91 Å². The summed E-state index contributed by atoms with van der Waals surface area (Å²) >= 11 is 0. The van der Waals surface area contributed by atoms with Crippen molar-refractivity contribution in [3.05, 3.63) is 80.9 Å². The predicted octanol–water partition coefficient (Wildman–Crippen LogP) is 2.77. The highest BCUT2D eigenvalue weighted by Crippen LogP contribution is 2.21. The number of hydrogen-bond acceptors (Lipinski definition) is 6. The molecule has 1 aromatic heterocycles. The molecular formula is C20H18N4O5. The van der Waals surface area contributed by atoms with Crippen molar-refractivity contribution in [2.24, 2.45) is 0 Å². The molecule has 1 N–H and O–H groups in total. The smallest absolute Gasteiger partial charge is 0.269 e. The molecular weight excluding hydrogens is 376 g/mol. The predicted molar refractivity (Wildman–Crippen MR) is 107 cm³/mol. The maximum absolute atomic E-state index is 12.4. The van der Waals surface area contributed by atoms with E-state index in [2.05, 4.69) is 10.3 Å². The quantitative estimate of drug-likeness (QED) is 0.508. The molecule has 1 heterocycles. The average molecular weight is 394 g/mol. The van der Waals surface area contributed by atoms with E-state index in [1.807, 2.05) is 0 Å². The van der Waals surface area contributed by atoms with Gasteiger partial charge in [0.05, 0.1) is 24.1 Å². The minimum absolute atomic E-state index is 0.0601. The third-order valence-electron chi connectivity index (χ3n) is 4.27. The molecule has 0 spiro atoms. The van der Waals surface area contributed by atoms with Crippen LogP contribution in [0.15, 0.2) is 59.7 Å². The van der Waals surface area contributed by atoms with E-state index >= 15 is 0 Å². The Kier molecular flexibility index (Phi) is 5.68. The molecule has 0 aliphatic carbocycles. The van der Waals surface area contributed by atoms with Crippen molar-refractivity contribution in [3.63, 3.8) is 0 Å². The van der Waals surface area contributed by atoms with Gasteiger partial charge in [0.1, 0.15) is 12.3 Å². The fourth-order valence-corrected chi connectivity index (χ4v) is 2.71. The number of non-ortho nitro benzene ring substituents is 1. The zero-order valence-electron chi connectivity index (χ0n) is 15.8. The first-order valence-corrected chi connectivity index (χ1v) is 8.63. The lowest BCUT2D eigenvalue weighted by atomic mass is 10.1. The Morgan fingerprint density at radius 1 is 1.21 bits per heavy atom. The molecule has 0 saturated heterocycles. The summed E-state index contributed by atoms with van der Waals surface area (Å²) in [5.74, 6) is 0.253. The molecule has 0 atom stereocenters. The maximum Gasteiger partial charge on any atom is 0.269 e. The molecule has 3 rings (SSSR count). The molecule has 0 saturated carbocycles. The van der Waals surface area contributed by atoms with Crippen LogP contribution in [0.2, 0.25) is 0 Å². The van der Waals surface area contributed by atoms with Crippen LogP contribution in [0, 0.1) is 17.0 Å². The van der Waals surface area contributed by atoms with Crippen molar-refractivity contribution in [2.45, 2.75) is 13.5 Å². The van der Waals surface area contributed by atoms with Crippen LogP contribution in [0.5, 0.6) is 5.75 Å². The van der Waals surface area contributed by atoms with E-state index in [4.69, 9.17) is 4.74 Å². The van der Waals surface area contributed by atoms with Gasteiger partial charge < -0.3 is 10.1 Å². The molecule has 2 aromatic carbocycles. The number of ether oxygens (including phenoxy) is 1. The van der Waals surface area contributed by atoms with Gasteiger partial charge in [0.25, 0.3) is 11.2 Å². The van der Waals surface area contributed by atoms with Crippen LogP contribution >= 0.6 is 0 Å². The molecule has 0 fully saturated rings. The van der Waals surface area contributed by atoms with Gasteiger partial charge in [-0.2, -0.15) is 0 Å². The van der Waals surface area contributed by atoms with E-state index in [1.165, 1.54) is 35.2 Å². The second-order valence-electron chi connectivity index (χ2n) is 6.27. The molecule has 9 nitrogen and oxygen atoms in total. The fraction of sp³-hybridized carbons (Fsp3) is 0.150.